The first kappa shape index (κ1) is 17.3. The standard InChI is InChI=1S/C19H18F3NO2/c20-14-5-3-4-13(12-14)19(10-1-2-11-19)17(24)23-15-6-8-16(9-7-15)25-18(21)22/h3-9,12,18H,1-2,10-11H2,(H,23,24). The van der Waals surface area contributed by atoms with Crippen molar-refractivity contribution in [3.05, 3.63) is 59.9 Å². The molecule has 2 aromatic rings. The van der Waals surface area contributed by atoms with Gasteiger partial charge in [-0.3, -0.25) is 4.79 Å². The Hall–Kier alpha value is -2.50. The van der Waals surface area contributed by atoms with Crippen LogP contribution in [0.15, 0.2) is 48.5 Å². The van der Waals surface area contributed by atoms with Gasteiger partial charge in [0.2, 0.25) is 5.91 Å². The molecule has 3 nitrogen and oxygen atoms in total. The molecule has 1 aliphatic rings. The highest BCUT2D eigenvalue weighted by Gasteiger charge is 2.42. The molecule has 0 saturated heterocycles. The van der Waals surface area contributed by atoms with E-state index >= 15 is 0 Å². The molecule has 0 bridgehead atoms. The minimum atomic E-state index is -2.89. The van der Waals surface area contributed by atoms with Gasteiger partial charge in [-0.2, -0.15) is 8.78 Å². The van der Waals surface area contributed by atoms with Crippen LogP contribution in [0.2, 0.25) is 0 Å². The van der Waals surface area contributed by atoms with Crippen molar-refractivity contribution in [1.82, 2.24) is 0 Å². The maximum absolute atomic E-state index is 13.6. The van der Waals surface area contributed by atoms with Gasteiger partial charge in [0, 0.05) is 5.69 Å². The average molecular weight is 349 g/mol. The predicted octanol–water partition coefficient (Wildman–Crippen LogP) is 4.88. The summed E-state index contributed by atoms with van der Waals surface area (Å²) in [5.41, 5.74) is 0.384. The van der Waals surface area contributed by atoms with E-state index in [0.717, 1.165) is 12.8 Å². The number of benzene rings is 2. The number of halogens is 3. The number of nitrogens with one attached hydrogen (secondary N) is 1. The van der Waals surface area contributed by atoms with Crippen LogP contribution >= 0.6 is 0 Å². The van der Waals surface area contributed by atoms with Crippen molar-refractivity contribution in [2.24, 2.45) is 0 Å². The fraction of sp³-hybridized carbons (Fsp3) is 0.316. The lowest BCUT2D eigenvalue weighted by molar-refractivity contribution is -0.121. The smallest absolute Gasteiger partial charge is 0.387 e. The molecule has 0 aromatic heterocycles. The van der Waals surface area contributed by atoms with Crippen LogP contribution in [0.25, 0.3) is 0 Å². The zero-order valence-corrected chi connectivity index (χ0v) is 13.5. The van der Waals surface area contributed by atoms with E-state index in [1.54, 1.807) is 12.1 Å². The summed E-state index contributed by atoms with van der Waals surface area (Å²) in [6.07, 6.45) is 3.08. The van der Waals surface area contributed by atoms with E-state index in [-0.39, 0.29) is 17.5 Å². The maximum atomic E-state index is 13.6. The summed E-state index contributed by atoms with van der Waals surface area (Å²) in [4.78, 5) is 12.9. The van der Waals surface area contributed by atoms with Crippen LogP contribution < -0.4 is 10.1 Å². The van der Waals surface area contributed by atoms with Crippen LogP contribution in [0.3, 0.4) is 0 Å². The van der Waals surface area contributed by atoms with Gasteiger partial charge in [0.25, 0.3) is 0 Å². The summed E-state index contributed by atoms with van der Waals surface area (Å²) in [7, 11) is 0. The summed E-state index contributed by atoms with van der Waals surface area (Å²) in [6.45, 7) is -2.89. The van der Waals surface area contributed by atoms with Crippen LogP contribution in [0, 0.1) is 5.82 Å². The van der Waals surface area contributed by atoms with E-state index in [4.69, 9.17) is 0 Å². The molecule has 0 unspecified atom stereocenters. The predicted molar refractivity (Wildman–Crippen MR) is 88.2 cm³/mol. The van der Waals surface area contributed by atoms with Crippen LogP contribution in [0.5, 0.6) is 5.75 Å². The number of carbonyl (C=O) groups is 1. The second-order valence-electron chi connectivity index (χ2n) is 6.16. The molecule has 0 heterocycles. The summed E-state index contributed by atoms with van der Waals surface area (Å²) in [5, 5.41) is 2.82. The first-order chi connectivity index (χ1) is 12.0. The first-order valence-electron chi connectivity index (χ1n) is 8.12. The van der Waals surface area contributed by atoms with Crippen LogP contribution in [0.1, 0.15) is 31.2 Å². The molecule has 1 N–H and O–H groups in total. The average Bonchev–Trinajstić information content (AvgIpc) is 3.07. The van der Waals surface area contributed by atoms with Gasteiger partial charge in [0.1, 0.15) is 11.6 Å². The monoisotopic (exact) mass is 349 g/mol. The van der Waals surface area contributed by atoms with Gasteiger partial charge >= 0.3 is 6.61 Å². The number of hydrogen-bond donors (Lipinski definition) is 1. The quantitative estimate of drug-likeness (QED) is 0.836. The zero-order chi connectivity index (χ0) is 17.9. The van der Waals surface area contributed by atoms with Crippen molar-refractivity contribution in [2.45, 2.75) is 37.7 Å². The summed E-state index contributed by atoms with van der Waals surface area (Å²) in [5.74, 6) is -0.558. The Kier molecular flexibility index (Phi) is 4.97. The van der Waals surface area contributed by atoms with Crippen molar-refractivity contribution in [2.75, 3.05) is 5.32 Å². The molecule has 2 aromatic carbocycles. The minimum absolute atomic E-state index is 0.0220. The number of ether oxygens (including phenoxy) is 1. The topological polar surface area (TPSA) is 38.3 Å². The van der Waals surface area contributed by atoms with Crippen molar-refractivity contribution >= 4 is 11.6 Å². The van der Waals surface area contributed by atoms with Crippen molar-refractivity contribution < 1.29 is 22.7 Å². The van der Waals surface area contributed by atoms with Gasteiger partial charge in [-0.05, 0) is 54.8 Å². The van der Waals surface area contributed by atoms with Gasteiger partial charge in [-0.1, -0.05) is 25.0 Å². The number of rotatable bonds is 5. The highest BCUT2D eigenvalue weighted by Crippen LogP contribution is 2.42. The second-order valence-corrected chi connectivity index (χ2v) is 6.16. The Morgan fingerprint density at radius 2 is 1.76 bits per heavy atom. The Labute approximate surface area is 143 Å². The van der Waals surface area contributed by atoms with E-state index in [1.807, 2.05) is 0 Å². The molecule has 0 atom stereocenters. The zero-order valence-electron chi connectivity index (χ0n) is 13.5. The van der Waals surface area contributed by atoms with E-state index in [9.17, 15) is 18.0 Å². The lowest BCUT2D eigenvalue weighted by Gasteiger charge is -2.28. The van der Waals surface area contributed by atoms with Crippen molar-refractivity contribution in [3.63, 3.8) is 0 Å². The Balaban J connectivity index is 1.80. The molecule has 1 amide bonds. The number of carbonyl (C=O) groups excluding carboxylic acids is 1. The molecule has 132 valence electrons. The van der Waals surface area contributed by atoms with Crippen LogP contribution in [0.4, 0.5) is 18.9 Å². The van der Waals surface area contributed by atoms with Gasteiger partial charge in [-0.25, -0.2) is 4.39 Å². The lowest BCUT2D eigenvalue weighted by Crippen LogP contribution is -2.38. The third-order valence-electron chi connectivity index (χ3n) is 4.61. The molecule has 6 heteroatoms. The highest BCUT2D eigenvalue weighted by molar-refractivity contribution is 5.99. The fourth-order valence-electron chi connectivity index (χ4n) is 3.38. The molecule has 3 rings (SSSR count). The van der Waals surface area contributed by atoms with Gasteiger partial charge in [-0.15, -0.1) is 0 Å². The van der Waals surface area contributed by atoms with Gasteiger partial charge in [0.15, 0.2) is 0 Å². The summed E-state index contributed by atoms with van der Waals surface area (Å²) >= 11 is 0. The third-order valence-corrected chi connectivity index (χ3v) is 4.61. The first-order valence-corrected chi connectivity index (χ1v) is 8.12. The fourth-order valence-corrected chi connectivity index (χ4v) is 3.38. The Bertz CT molecular complexity index is 741. The van der Waals surface area contributed by atoms with E-state index < -0.39 is 12.0 Å². The van der Waals surface area contributed by atoms with Crippen molar-refractivity contribution in [1.29, 1.82) is 0 Å². The van der Waals surface area contributed by atoms with Gasteiger partial charge in [0.05, 0.1) is 5.41 Å². The van der Waals surface area contributed by atoms with Crippen LogP contribution in [-0.4, -0.2) is 12.5 Å². The molecule has 25 heavy (non-hydrogen) atoms. The Morgan fingerprint density at radius 1 is 1.08 bits per heavy atom. The molecular weight excluding hydrogens is 331 g/mol. The van der Waals surface area contributed by atoms with Gasteiger partial charge < -0.3 is 10.1 Å². The number of hydrogen-bond acceptors (Lipinski definition) is 2. The highest BCUT2D eigenvalue weighted by atomic mass is 19.3. The molecular formula is C19H18F3NO2. The van der Waals surface area contributed by atoms with E-state index in [0.29, 0.717) is 24.1 Å². The van der Waals surface area contributed by atoms with Crippen molar-refractivity contribution in [3.8, 4) is 5.75 Å². The lowest BCUT2D eigenvalue weighted by atomic mass is 9.78. The largest absolute Gasteiger partial charge is 0.435 e. The second kappa shape index (κ2) is 7.17. The minimum Gasteiger partial charge on any atom is -0.435 e. The normalized spacial score (nSPS) is 16.0. The molecule has 1 saturated carbocycles. The molecule has 0 aliphatic heterocycles. The maximum Gasteiger partial charge on any atom is 0.387 e. The van der Waals surface area contributed by atoms with E-state index in [2.05, 4.69) is 10.1 Å². The summed E-state index contributed by atoms with van der Waals surface area (Å²) < 4.78 is 42.3. The van der Waals surface area contributed by atoms with Crippen LogP contribution in [-0.2, 0) is 10.2 Å². The third kappa shape index (κ3) is 3.78. The molecule has 0 radical (unpaired) electrons. The number of amides is 1. The number of alkyl halides is 2. The molecule has 1 fully saturated rings. The summed E-state index contributed by atoms with van der Waals surface area (Å²) in [6, 6.07) is 11.9. The van der Waals surface area contributed by atoms with E-state index in [1.165, 1.54) is 36.4 Å². The Morgan fingerprint density at radius 3 is 2.36 bits per heavy atom. The molecule has 1 aliphatic carbocycles. The number of anilines is 1. The SMILES string of the molecule is O=C(Nc1ccc(OC(F)F)cc1)C1(c2cccc(F)c2)CCCC1. The molecule has 0 spiro atoms.